The van der Waals surface area contributed by atoms with E-state index in [-0.39, 0.29) is 5.69 Å². The van der Waals surface area contributed by atoms with Crippen LogP contribution in [-0.2, 0) is 0 Å². The zero-order valence-corrected chi connectivity index (χ0v) is 11.7. The first-order valence-electron chi connectivity index (χ1n) is 6.46. The summed E-state index contributed by atoms with van der Waals surface area (Å²) in [6, 6.07) is 14.2. The third-order valence-electron chi connectivity index (χ3n) is 3.05. The normalized spacial score (nSPS) is 10.4. The number of hydrogen-bond donors (Lipinski definition) is 1. The third kappa shape index (κ3) is 2.51. The van der Waals surface area contributed by atoms with Gasteiger partial charge in [0.25, 0.3) is 0 Å². The van der Waals surface area contributed by atoms with Gasteiger partial charge in [-0.15, -0.1) is 10.2 Å². The predicted molar refractivity (Wildman–Crippen MR) is 78.1 cm³/mol. The minimum atomic E-state index is -1.10. The second-order valence-electron chi connectivity index (χ2n) is 4.43. The Balaban J connectivity index is 2.14. The molecule has 2 heterocycles. The van der Waals surface area contributed by atoms with Crippen LogP contribution < -0.4 is 4.74 Å². The smallest absolute Gasteiger partial charge is 0.356 e. The lowest BCUT2D eigenvalue weighted by atomic mass is 10.1. The van der Waals surface area contributed by atoms with Crippen molar-refractivity contribution in [3.63, 3.8) is 0 Å². The molecular weight excluding hydrogens is 284 g/mol. The molecule has 0 unspecified atom stereocenters. The maximum Gasteiger partial charge on any atom is 0.356 e. The van der Waals surface area contributed by atoms with E-state index in [9.17, 15) is 4.79 Å². The van der Waals surface area contributed by atoms with Gasteiger partial charge in [0.15, 0.2) is 11.5 Å². The summed E-state index contributed by atoms with van der Waals surface area (Å²) in [6.45, 7) is 0. The van der Waals surface area contributed by atoms with E-state index in [1.165, 1.54) is 17.9 Å². The highest BCUT2D eigenvalue weighted by Gasteiger charge is 2.16. The maximum absolute atomic E-state index is 11.2. The fourth-order valence-corrected chi connectivity index (χ4v) is 2.01. The van der Waals surface area contributed by atoms with Crippen LogP contribution in [0, 0.1) is 0 Å². The molecule has 0 bridgehead atoms. The molecule has 3 rings (SSSR count). The maximum atomic E-state index is 11.2. The molecule has 7 nitrogen and oxygen atoms in total. The number of aromatic carboxylic acids is 1. The summed E-state index contributed by atoms with van der Waals surface area (Å²) in [7, 11) is 1.50. The fourth-order valence-electron chi connectivity index (χ4n) is 2.01. The fraction of sp³-hybridized carbons (Fsp3) is 0.0667. The standard InChI is InChI=1S/C15H12N4O3/c1-22-14-8-7-13(16-17-14)19-12(9-11(18-19)15(20)21)10-5-3-2-4-6-10/h2-9H,1H3,(H,20,21). The Morgan fingerprint density at radius 2 is 1.91 bits per heavy atom. The Morgan fingerprint density at radius 1 is 1.14 bits per heavy atom. The molecule has 1 N–H and O–H groups in total. The van der Waals surface area contributed by atoms with Crippen LogP contribution in [0.25, 0.3) is 17.1 Å². The predicted octanol–water partition coefficient (Wildman–Crippen LogP) is 2.04. The van der Waals surface area contributed by atoms with Crippen molar-refractivity contribution >= 4 is 5.97 Å². The van der Waals surface area contributed by atoms with E-state index in [4.69, 9.17) is 9.84 Å². The van der Waals surface area contributed by atoms with Crippen molar-refractivity contribution in [3.05, 3.63) is 54.2 Å². The van der Waals surface area contributed by atoms with Crippen molar-refractivity contribution in [3.8, 4) is 23.0 Å². The summed E-state index contributed by atoms with van der Waals surface area (Å²) < 4.78 is 6.42. The number of methoxy groups -OCH3 is 1. The molecule has 0 atom stereocenters. The van der Waals surface area contributed by atoms with Gasteiger partial charge in [-0.1, -0.05) is 30.3 Å². The van der Waals surface area contributed by atoms with Crippen LogP contribution in [0.3, 0.4) is 0 Å². The molecule has 0 saturated heterocycles. The van der Waals surface area contributed by atoms with Gasteiger partial charge in [-0.2, -0.15) is 5.10 Å². The molecule has 0 saturated carbocycles. The molecule has 0 amide bonds. The van der Waals surface area contributed by atoms with E-state index < -0.39 is 5.97 Å². The number of benzene rings is 1. The van der Waals surface area contributed by atoms with Gasteiger partial charge in [-0.05, 0) is 12.1 Å². The first-order valence-corrected chi connectivity index (χ1v) is 6.46. The van der Waals surface area contributed by atoms with Gasteiger partial charge in [0, 0.05) is 11.6 Å². The first-order chi connectivity index (χ1) is 10.7. The van der Waals surface area contributed by atoms with Crippen LogP contribution in [0.2, 0.25) is 0 Å². The van der Waals surface area contributed by atoms with E-state index in [0.29, 0.717) is 17.4 Å². The average molecular weight is 296 g/mol. The molecule has 0 aliphatic heterocycles. The summed E-state index contributed by atoms with van der Waals surface area (Å²) in [5, 5.41) is 21.1. The van der Waals surface area contributed by atoms with Gasteiger partial charge in [0.2, 0.25) is 5.88 Å². The second-order valence-corrected chi connectivity index (χ2v) is 4.43. The summed E-state index contributed by atoms with van der Waals surface area (Å²) in [5.41, 5.74) is 1.40. The van der Waals surface area contributed by atoms with Crippen molar-refractivity contribution in [2.24, 2.45) is 0 Å². The SMILES string of the molecule is COc1ccc(-n2nc(C(=O)O)cc2-c2ccccc2)nn1. The average Bonchev–Trinajstić information content (AvgIpc) is 3.01. The highest BCUT2D eigenvalue weighted by atomic mass is 16.5. The van der Waals surface area contributed by atoms with Gasteiger partial charge in [0.1, 0.15) is 0 Å². The second kappa shape index (κ2) is 5.65. The number of nitrogens with zero attached hydrogens (tertiary/aromatic N) is 4. The number of carboxylic acids is 1. The van der Waals surface area contributed by atoms with E-state index >= 15 is 0 Å². The molecule has 2 aromatic heterocycles. The quantitative estimate of drug-likeness (QED) is 0.792. The molecule has 0 aliphatic rings. The molecule has 110 valence electrons. The molecule has 0 fully saturated rings. The zero-order chi connectivity index (χ0) is 15.5. The van der Waals surface area contributed by atoms with Crippen molar-refractivity contribution in [1.82, 2.24) is 20.0 Å². The van der Waals surface area contributed by atoms with Crippen LogP contribution in [0.15, 0.2) is 48.5 Å². The molecule has 22 heavy (non-hydrogen) atoms. The Morgan fingerprint density at radius 3 is 2.50 bits per heavy atom. The van der Waals surface area contributed by atoms with E-state index in [0.717, 1.165) is 5.56 Å². The van der Waals surface area contributed by atoms with Crippen molar-refractivity contribution in [2.75, 3.05) is 7.11 Å². The first kappa shape index (κ1) is 13.7. The highest BCUT2D eigenvalue weighted by molar-refractivity contribution is 5.87. The third-order valence-corrected chi connectivity index (χ3v) is 3.05. The lowest BCUT2D eigenvalue weighted by molar-refractivity contribution is 0.0690. The topological polar surface area (TPSA) is 90.1 Å². The lowest BCUT2D eigenvalue weighted by Gasteiger charge is -2.06. The number of carbonyl (C=O) groups is 1. The Kier molecular flexibility index (Phi) is 3.53. The van der Waals surface area contributed by atoms with E-state index in [2.05, 4.69) is 15.3 Å². The van der Waals surface area contributed by atoms with Crippen LogP contribution in [-0.4, -0.2) is 38.2 Å². The van der Waals surface area contributed by atoms with Gasteiger partial charge in [-0.25, -0.2) is 9.48 Å². The summed E-state index contributed by atoms with van der Waals surface area (Å²) >= 11 is 0. The van der Waals surface area contributed by atoms with E-state index in [1.807, 2.05) is 30.3 Å². The summed E-state index contributed by atoms with van der Waals surface area (Å²) in [4.78, 5) is 11.2. The lowest BCUT2D eigenvalue weighted by Crippen LogP contribution is -2.05. The van der Waals surface area contributed by atoms with Crippen LogP contribution in [0.1, 0.15) is 10.5 Å². The Labute approximate surface area is 125 Å². The number of rotatable bonds is 4. The summed E-state index contributed by atoms with van der Waals surface area (Å²) in [6.07, 6.45) is 0. The van der Waals surface area contributed by atoms with Gasteiger partial charge < -0.3 is 9.84 Å². The molecule has 0 radical (unpaired) electrons. The molecule has 0 aliphatic carbocycles. The number of carboxylic acid groups (broad SMARTS) is 1. The molecule has 7 heteroatoms. The Hall–Kier alpha value is -3.22. The van der Waals surface area contributed by atoms with Gasteiger partial charge in [-0.3, -0.25) is 0 Å². The van der Waals surface area contributed by atoms with Gasteiger partial charge >= 0.3 is 5.97 Å². The molecule has 1 aromatic carbocycles. The van der Waals surface area contributed by atoms with Crippen LogP contribution in [0.4, 0.5) is 0 Å². The zero-order valence-electron chi connectivity index (χ0n) is 11.7. The molecule has 0 spiro atoms. The van der Waals surface area contributed by atoms with Crippen molar-refractivity contribution in [1.29, 1.82) is 0 Å². The van der Waals surface area contributed by atoms with Crippen molar-refractivity contribution in [2.45, 2.75) is 0 Å². The highest BCUT2D eigenvalue weighted by Crippen LogP contribution is 2.23. The van der Waals surface area contributed by atoms with Crippen LogP contribution >= 0.6 is 0 Å². The number of hydrogen-bond acceptors (Lipinski definition) is 5. The van der Waals surface area contributed by atoms with Gasteiger partial charge in [0.05, 0.1) is 12.8 Å². The van der Waals surface area contributed by atoms with Crippen LogP contribution in [0.5, 0.6) is 5.88 Å². The summed E-state index contributed by atoms with van der Waals surface area (Å²) in [5.74, 6) is -0.319. The molecular formula is C15H12N4O3. The number of aromatic nitrogens is 4. The number of ether oxygens (including phenoxy) is 1. The monoisotopic (exact) mass is 296 g/mol. The Bertz CT molecular complexity index is 797. The molecule has 3 aromatic rings. The largest absolute Gasteiger partial charge is 0.480 e. The van der Waals surface area contributed by atoms with E-state index in [1.54, 1.807) is 12.1 Å². The minimum absolute atomic E-state index is 0.0588. The minimum Gasteiger partial charge on any atom is -0.480 e. The van der Waals surface area contributed by atoms with Crippen molar-refractivity contribution < 1.29 is 14.6 Å².